The molecule has 0 aromatic carbocycles. The maximum Gasteiger partial charge on any atom is 1.00 e. The van der Waals surface area contributed by atoms with E-state index in [1.807, 2.05) is 6.08 Å². The van der Waals surface area contributed by atoms with Crippen LogP contribution in [0.4, 0.5) is 0 Å². The van der Waals surface area contributed by atoms with E-state index < -0.39 is 0 Å². The van der Waals surface area contributed by atoms with Gasteiger partial charge in [-0.05, 0) is 6.08 Å². The fraction of sp³-hybridized carbons (Fsp3) is 0. The van der Waals surface area contributed by atoms with Crippen LogP contribution in [0.5, 0.6) is 0 Å². The highest BCUT2D eigenvalue weighted by atomic mass is 14.3. The Balaban J connectivity index is 0. The Morgan fingerprint density at radius 3 is 2.25 bits per heavy atom. The number of rotatable bonds is 3. The van der Waals surface area contributed by atoms with Gasteiger partial charge >= 0.3 is 1.43 Å². The van der Waals surface area contributed by atoms with E-state index in [1.165, 1.54) is 6.21 Å². The molecule has 42 valence electrons. The number of allylic oxidation sites excluding steroid dienone is 5. The predicted octanol–water partition coefficient (Wildman–Crippen LogP) is 2.05. The summed E-state index contributed by atoms with van der Waals surface area (Å²) in [6, 6.07) is 0. The Labute approximate surface area is 51.0 Å². The molecule has 0 heterocycles. The molecule has 0 aliphatic carbocycles. The molecule has 0 bridgehead atoms. The van der Waals surface area contributed by atoms with Crippen LogP contribution in [0.1, 0.15) is 1.43 Å². The van der Waals surface area contributed by atoms with E-state index in [0.717, 1.165) is 0 Å². The largest absolute Gasteiger partial charge is 1.00 e. The monoisotopic (exact) mass is 108 g/mol. The van der Waals surface area contributed by atoms with E-state index in [2.05, 4.69) is 6.58 Å². The van der Waals surface area contributed by atoms with Gasteiger partial charge in [0.1, 0.15) is 0 Å². The van der Waals surface area contributed by atoms with Crippen LogP contribution in [0.15, 0.2) is 37.0 Å². The summed E-state index contributed by atoms with van der Waals surface area (Å²) in [4.78, 5) is 0. The molecule has 0 fully saturated rings. The minimum atomic E-state index is 0. The van der Waals surface area contributed by atoms with Crippen molar-refractivity contribution in [3.63, 3.8) is 0 Å². The van der Waals surface area contributed by atoms with Crippen molar-refractivity contribution >= 4 is 6.21 Å². The Bertz CT molecular complexity index is 109. The highest BCUT2D eigenvalue weighted by molar-refractivity contribution is 5.68. The average Bonchev–Trinajstić information content (AvgIpc) is 1.81. The second kappa shape index (κ2) is 5.89. The zero-order valence-corrected chi connectivity index (χ0v) is 4.67. The molecule has 0 atom stereocenters. The second-order valence-electron chi connectivity index (χ2n) is 1.17. The van der Waals surface area contributed by atoms with Crippen LogP contribution in [-0.4, -0.2) is 6.21 Å². The summed E-state index contributed by atoms with van der Waals surface area (Å²) in [5.74, 6) is 0. The van der Waals surface area contributed by atoms with Crippen molar-refractivity contribution in [2.75, 3.05) is 0 Å². The summed E-state index contributed by atoms with van der Waals surface area (Å²) < 4.78 is 0. The molecule has 0 amide bonds. The van der Waals surface area contributed by atoms with Crippen LogP contribution in [0.2, 0.25) is 0 Å². The molecule has 8 heavy (non-hydrogen) atoms. The fourth-order valence-electron chi connectivity index (χ4n) is 0.262. The molecule has 0 aromatic heterocycles. The van der Waals surface area contributed by atoms with Gasteiger partial charge in [-0.25, -0.2) is 0 Å². The smallest absolute Gasteiger partial charge is 0.309 e. The number of hydrogen-bond acceptors (Lipinski definition) is 1. The lowest BCUT2D eigenvalue weighted by atomic mass is 10.4. The van der Waals surface area contributed by atoms with Crippen LogP contribution in [0, 0.1) is 5.41 Å². The van der Waals surface area contributed by atoms with Gasteiger partial charge in [0.15, 0.2) is 0 Å². The maximum absolute atomic E-state index is 6.57. The Morgan fingerprint density at radius 1 is 1.12 bits per heavy atom. The van der Waals surface area contributed by atoms with Crippen molar-refractivity contribution in [3.8, 4) is 0 Å². The molecule has 1 nitrogen and oxygen atoms in total. The number of hydrogen-bond donors (Lipinski definition) is 1. The number of nitrogens with one attached hydrogen (secondary N) is 1. The Hall–Kier alpha value is -1.11. The van der Waals surface area contributed by atoms with Crippen molar-refractivity contribution in [2.24, 2.45) is 0 Å². The van der Waals surface area contributed by atoms with Gasteiger partial charge in [0, 0.05) is 6.21 Å². The average molecular weight is 108 g/mol. The molecule has 0 radical (unpaired) electrons. The topological polar surface area (TPSA) is 23.9 Å². The highest BCUT2D eigenvalue weighted by Gasteiger charge is 1.55. The summed E-state index contributed by atoms with van der Waals surface area (Å²) in [7, 11) is 0. The molecule has 1 N–H and O–H groups in total. The van der Waals surface area contributed by atoms with Gasteiger partial charge in [-0.1, -0.05) is 30.9 Å². The molecule has 0 rings (SSSR count). The third kappa shape index (κ3) is 4.89. The van der Waals surface area contributed by atoms with E-state index in [4.69, 9.17) is 5.41 Å². The van der Waals surface area contributed by atoms with Crippen molar-refractivity contribution in [1.82, 2.24) is 0 Å². The molecule has 0 aliphatic rings. The van der Waals surface area contributed by atoms with Crippen LogP contribution < -0.4 is 0 Å². The van der Waals surface area contributed by atoms with Crippen molar-refractivity contribution in [2.45, 2.75) is 0 Å². The predicted molar refractivity (Wildman–Crippen MR) is 38.4 cm³/mol. The molecular formula is C7H10N+. The van der Waals surface area contributed by atoms with Gasteiger partial charge in [0.05, 0.1) is 0 Å². The van der Waals surface area contributed by atoms with Crippen LogP contribution in [0.25, 0.3) is 0 Å². The van der Waals surface area contributed by atoms with Crippen LogP contribution >= 0.6 is 0 Å². The lowest BCUT2D eigenvalue weighted by Crippen LogP contribution is -1.52. The zero-order valence-electron chi connectivity index (χ0n) is 5.67. The standard InChI is InChI=1S/C7H9N/c1-2-3-4-5-6-7-8/h2-8H,1H2/p+1/b4-3+,6-5-,8-7?. The summed E-state index contributed by atoms with van der Waals surface area (Å²) in [5.41, 5.74) is 0. The summed E-state index contributed by atoms with van der Waals surface area (Å²) in [5, 5.41) is 6.57. The van der Waals surface area contributed by atoms with E-state index in [-0.39, 0.29) is 1.43 Å². The van der Waals surface area contributed by atoms with E-state index in [0.29, 0.717) is 0 Å². The maximum atomic E-state index is 6.57. The first kappa shape index (κ1) is 6.89. The van der Waals surface area contributed by atoms with E-state index in [9.17, 15) is 0 Å². The van der Waals surface area contributed by atoms with Gasteiger partial charge < -0.3 is 5.41 Å². The first-order chi connectivity index (χ1) is 3.91. The normalized spacial score (nSPS) is 10.5. The van der Waals surface area contributed by atoms with Gasteiger partial charge in [-0.15, -0.1) is 0 Å². The van der Waals surface area contributed by atoms with Gasteiger partial charge in [-0.2, -0.15) is 0 Å². The quantitative estimate of drug-likeness (QED) is 0.422. The van der Waals surface area contributed by atoms with E-state index in [1.54, 1.807) is 24.3 Å². The minimum absolute atomic E-state index is 0. The third-order valence-electron chi connectivity index (χ3n) is 0.566. The minimum Gasteiger partial charge on any atom is -0.309 e. The first-order valence-electron chi connectivity index (χ1n) is 2.36. The lowest BCUT2D eigenvalue weighted by Gasteiger charge is -1.66. The van der Waals surface area contributed by atoms with Gasteiger partial charge in [0.25, 0.3) is 0 Å². The molecule has 0 saturated carbocycles. The van der Waals surface area contributed by atoms with Gasteiger partial charge in [-0.3, -0.25) is 0 Å². The summed E-state index contributed by atoms with van der Waals surface area (Å²) >= 11 is 0. The molecule has 0 aromatic rings. The SMILES string of the molecule is C=C/C=C/C=C\C=N.[H+]. The fourth-order valence-corrected chi connectivity index (χ4v) is 0.262. The van der Waals surface area contributed by atoms with Crippen molar-refractivity contribution < 1.29 is 1.43 Å². The summed E-state index contributed by atoms with van der Waals surface area (Å²) in [6.07, 6.45) is 9.95. The van der Waals surface area contributed by atoms with Crippen molar-refractivity contribution in [3.05, 3.63) is 37.0 Å². The molecular weight excluding hydrogens is 98.1 g/mol. The van der Waals surface area contributed by atoms with Crippen molar-refractivity contribution in [1.29, 1.82) is 5.41 Å². The second-order valence-corrected chi connectivity index (χ2v) is 1.17. The highest BCUT2D eigenvalue weighted by Crippen LogP contribution is 1.73. The molecule has 0 saturated heterocycles. The van der Waals surface area contributed by atoms with Crippen LogP contribution in [0.3, 0.4) is 0 Å². The zero-order chi connectivity index (χ0) is 6.24. The lowest BCUT2D eigenvalue weighted by molar-refractivity contribution is 1.58. The third-order valence-corrected chi connectivity index (χ3v) is 0.566. The van der Waals surface area contributed by atoms with E-state index >= 15 is 0 Å². The molecule has 0 spiro atoms. The Morgan fingerprint density at radius 2 is 1.75 bits per heavy atom. The van der Waals surface area contributed by atoms with Gasteiger partial charge in [0.2, 0.25) is 0 Å². The molecule has 1 heteroatoms. The first-order valence-corrected chi connectivity index (χ1v) is 2.36. The molecule has 0 aliphatic heterocycles. The molecule has 0 unspecified atom stereocenters. The Kier molecular flexibility index (Phi) is 5.07. The summed E-state index contributed by atoms with van der Waals surface area (Å²) in [6.45, 7) is 3.48. The van der Waals surface area contributed by atoms with Crippen LogP contribution in [-0.2, 0) is 0 Å².